The smallest absolute Gasteiger partial charge is 0.110 e. The van der Waals surface area contributed by atoms with Gasteiger partial charge in [0.1, 0.15) is 17.8 Å². The molecule has 1 aliphatic rings. The van der Waals surface area contributed by atoms with Crippen LogP contribution in [0.15, 0.2) is 73.3 Å². The predicted octanol–water partition coefficient (Wildman–Crippen LogP) is 5.92. The molecule has 4 heterocycles. The number of halogens is 2. The zero-order valence-corrected chi connectivity index (χ0v) is 21.4. The molecule has 1 atom stereocenters. The van der Waals surface area contributed by atoms with Gasteiger partial charge in [0.15, 0.2) is 0 Å². The van der Waals surface area contributed by atoms with Crippen molar-refractivity contribution in [1.29, 1.82) is 5.26 Å². The van der Waals surface area contributed by atoms with Crippen molar-refractivity contribution in [3.05, 3.63) is 100 Å². The summed E-state index contributed by atoms with van der Waals surface area (Å²) in [4.78, 5) is 8.74. The maximum absolute atomic E-state index is 9.83. The highest BCUT2D eigenvalue weighted by molar-refractivity contribution is 6.36. The van der Waals surface area contributed by atoms with Gasteiger partial charge in [-0.25, -0.2) is 4.68 Å². The van der Waals surface area contributed by atoms with Crippen LogP contribution in [0, 0.1) is 11.3 Å². The lowest BCUT2D eigenvalue weighted by atomic mass is 10.0. The van der Waals surface area contributed by atoms with Crippen LogP contribution in [0.25, 0.3) is 10.9 Å². The average molecular weight is 543 g/mol. The summed E-state index contributed by atoms with van der Waals surface area (Å²) in [7, 11) is 0. The van der Waals surface area contributed by atoms with Crippen molar-refractivity contribution < 1.29 is 4.74 Å². The summed E-state index contributed by atoms with van der Waals surface area (Å²) >= 11 is 12.9. The first kappa shape index (κ1) is 24.1. The largest absolute Gasteiger partial charge is 0.377 e. The Balaban J connectivity index is 1.43. The van der Waals surface area contributed by atoms with Gasteiger partial charge in [0.25, 0.3) is 0 Å². The molecule has 0 bridgehead atoms. The van der Waals surface area contributed by atoms with Crippen LogP contribution in [0.2, 0.25) is 10.0 Å². The number of aromatic nitrogens is 5. The van der Waals surface area contributed by atoms with Gasteiger partial charge in [-0.05, 0) is 42.0 Å². The third kappa shape index (κ3) is 4.73. The molecule has 0 spiro atoms. The van der Waals surface area contributed by atoms with Crippen LogP contribution in [0.1, 0.15) is 28.9 Å². The Morgan fingerprint density at radius 1 is 1.08 bits per heavy atom. The summed E-state index contributed by atoms with van der Waals surface area (Å²) < 4.78 is 7.13. The SMILES string of the molecule is N#Cc1cnc2c(Cl)cc(N[C@@H](c3cccnc3)c3cn(C4COC4)nn3)cc2c1Nc1cccc(Cl)c1. The van der Waals surface area contributed by atoms with Crippen molar-refractivity contribution in [2.75, 3.05) is 23.8 Å². The molecule has 11 heteroatoms. The van der Waals surface area contributed by atoms with Gasteiger partial charge >= 0.3 is 0 Å². The van der Waals surface area contributed by atoms with E-state index in [4.69, 9.17) is 27.9 Å². The molecule has 0 radical (unpaired) electrons. The van der Waals surface area contributed by atoms with Crippen molar-refractivity contribution in [1.82, 2.24) is 25.0 Å². The Morgan fingerprint density at radius 3 is 2.71 bits per heavy atom. The van der Waals surface area contributed by atoms with E-state index in [2.05, 4.69) is 37.0 Å². The quantitative estimate of drug-likeness (QED) is 0.260. The van der Waals surface area contributed by atoms with E-state index < -0.39 is 0 Å². The van der Waals surface area contributed by atoms with Crippen molar-refractivity contribution in [2.45, 2.75) is 12.1 Å². The van der Waals surface area contributed by atoms with E-state index in [1.54, 1.807) is 30.6 Å². The van der Waals surface area contributed by atoms with Crippen molar-refractivity contribution >= 4 is 51.2 Å². The van der Waals surface area contributed by atoms with Gasteiger partial charge in [0, 0.05) is 40.4 Å². The fourth-order valence-corrected chi connectivity index (χ4v) is 4.75. The highest BCUT2D eigenvalue weighted by atomic mass is 35.5. The lowest BCUT2D eigenvalue weighted by Crippen LogP contribution is -2.31. The molecule has 1 aliphatic heterocycles. The number of hydrogen-bond acceptors (Lipinski definition) is 8. The molecule has 9 nitrogen and oxygen atoms in total. The van der Waals surface area contributed by atoms with Gasteiger partial charge in [-0.1, -0.05) is 40.5 Å². The van der Waals surface area contributed by atoms with Crippen molar-refractivity contribution in [2.24, 2.45) is 0 Å². The van der Waals surface area contributed by atoms with Crippen molar-refractivity contribution in [3.63, 3.8) is 0 Å². The van der Waals surface area contributed by atoms with E-state index in [0.29, 0.717) is 51.1 Å². The summed E-state index contributed by atoms with van der Waals surface area (Å²) in [5, 5.41) is 27.1. The first-order valence-electron chi connectivity index (χ1n) is 11.8. The summed E-state index contributed by atoms with van der Waals surface area (Å²) in [6, 6.07) is 16.9. The number of nitrogens with one attached hydrogen (secondary N) is 2. The van der Waals surface area contributed by atoms with E-state index in [0.717, 1.165) is 16.9 Å². The molecule has 1 fully saturated rings. The maximum Gasteiger partial charge on any atom is 0.110 e. The molecule has 0 saturated carbocycles. The average Bonchev–Trinajstić information content (AvgIpc) is 3.36. The standard InChI is InChI=1S/C27H20Cl2N8O/c28-18-4-1-5-19(7-18)33-25-17(10-30)12-32-27-22(25)8-20(9-23(27)29)34-26(16-3-2-6-31-11-16)24-13-37(36-35-24)21-14-38-15-21/h1-9,11-13,21,26,34H,14-15H2,(H,32,33)/t26-/m0/s1. The van der Waals surface area contributed by atoms with Crippen LogP contribution < -0.4 is 10.6 Å². The van der Waals surface area contributed by atoms with Gasteiger partial charge in [0.2, 0.25) is 0 Å². The van der Waals surface area contributed by atoms with Crippen LogP contribution in [0.3, 0.4) is 0 Å². The minimum Gasteiger partial charge on any atom is -0.377 e. The van der Waals surface area contributed by atoms with E-state index in [1.807, 2.05) is 41.2 Å². The summed E-state index contributed by atoms with van der Waals surface area (Å²) in [5.41, 5.74) is 4.60. The zero-order valence-electron chi connectivity index (χ0n) is 19.8. The normalized spacial score (nSPS) is 14.0. The van der Waals surface area contributed by atoms with Crippen LogP contribution >= 0.6 is 23.2 Å². The number of anilines is 3. The number of pyridine rings is 2. The Hall–Kier alpha value is -4.23. The van der Waals surface area contributed by atoms with Crippen LogP contribution in [-0.2, 0) is 4.74 Å². The van der Waals surface area contributed by atoms with E-state index in [1.165, 1.54) is 6.20 Å². The van der Waals surface area contributed by atoms with E-state index >= 15 is 0 Å². The van der Waals surface area contributed by atoms with Gasteiger partial charge in [0.05, 0.1) is 47.2 Å². The number of hydrogen-bond donors (Lipinski definition) is 2. The molecule has 2 aromatic carbocycles. The Morgan fingerprint density at radius 2 is 1.97 bits per heavy atom. The van der Waals surface area contributed by atoms with E-state index in [9.17, 15) is 5.26 Å². The Bertz CT molecular complexity index is 1660. The number of fused-ring (bicyclic) bond motifs is 1. The third-order valence-electron chi connectivity index (χ3n) is 6.29. The van der Waals surface area contributed by atoms with Crippen LogP contribution in [0.4, 0.5) is 17.1 Å². The highest BCUT2D eigenvalue weighted by Gasteiger charge is 2.25. The lowest BCUT2D eigenvalue weighted by molar-refractivity contribution is -0.0293. The number of rotatable bonds is 7. The number of benzene rings is 2. The second kappa shape index (κ2) is 10.3. The third-order valence-corrected chi connectivity index (χ3v) is 6.81. The Labute approximate surface area is 228 Å². The zero-order chi connectivity index (χ0) is 26.1. The molecular formula is C27H20Cl2N8O. The van der Waals surface area contributed by atoms with Crippen LogP contribution in [-0.4, -0.2) is 38.2 Å². The second-order valence-corrected chi connectivity index (χ2v) is 9.67. The first-order chi connectivity index (χ1) is 18.6. The molecule has 38 heavy (non-hydrogen) atoms. The fraction of sp³-hybridized carbons (Fsp3) is 0.148. The summed E-state index contributed by atoms with van der Waals surface area (Å²) in [6.45, 7) is 1.23. The van der Waals surface area contributed by atoms with Crippen LogP contribution in [0.5, 0.6) is 0 Å². The second-order valence-electron chi connectivity index (χ2n) is 8.83. The molecule has 5 aromatic rings. The molecule has 6 rings (SSSR count). The van der Waals surface area contributed by atoms with Gasteiger partial charge in [-0.15, -0.1) is 5.10 Å². The molecular weight excluding hydrogens is 523 g/mol. The summed E-state index contributed by atoms with van der Waals surface area (Å²) in [5.74, 6) is 0. The topological polar surface area (TPSA) is 114 Å². The first-order valence-corrected chi connectivity index (χ1v) is 12.6. The molecule has 3 aromatic heterocycles. The monoisotopic (exact) mass is 542 g/mol. The van der Waals surface area contributed by atoms with Crippen molar-refractivity contribution in [3.8, 4) is 6.07 Å². The minimum atomic E-state index is -0.358. The molecule has 0 amide bonds. The number of nitrogens with zero attached hydrogens (tertiary/aromatic N) is 6. The van der Waals surface area contributed by atoms with E-state index in [-0.39, 0.29) is 12.1 Å². The lowest BCUT2D eigenvalue weighted by Gasteiger charge is -2.25. The molecule has 1 saturated heterocycles. The predicted molar refractivity (Wildman–Crippen MR) is 146 cm³/mol. The van der Waals surface area contributed by atoms with Gasteiger partial charge < -0.3 is 15.4 Å². The minimum absolute atomic E-state index is 0.177. The molecule has 0 unspecified atom stereocenters. The fourth-order valence-electron chi connectivity index (χ4n) is 4.29. The molecule has 2 N–H and O–H groups in total. The maximum atomic E-state index is 9.83. The highest BCUT2D eigenvalue weighted by Crippen LogP contribution is 2.37. The number of nitriles is 1. The van der Waals surface area contributed by atoms with Gasteiger partial charge in [-0.3, -0.25) is 9.97 Å². The van der Waals surface area contributed by atoms with Gasteiger partial charge in [-0.2, -0.15) is 5.26 Å². The molecule has 188 valence electrons. The molecule has 0 aliphatic carbocycles. The summed E-state index contributed by atoms with van der Waals surface area (Å²) in [6.07, 6.45) is 6.93. The number of ether oxygens (including phenoxy) is 1. The Kier molecular flexibility index (Phi) is 6.52.